The predicted molar refractivity (Wildman–Crippen MR) is 65.6 cm³/mol. The summed E-state index contributed by atoms with van der Waals surface area (Å²) in [6.07, 6.45) is 6.84. The Labute approximate surface area is 105 Å². The van der Waals surface area contributed by atoms with Gasteiger partial charge in [0.25, 0.3) is 0 Å². The molecule has 2 amide bonds. The van der Waals surface area contributed by atoms with Crippen molar-refractivity contribution in [1.29, 1.82) is 0 Å². The van der Waals surface area contributed by atoms with E-state index in [-0.39, 0.29) is 6.03 Å². The summed E-state index contributed by atoms with van der Waals surface area (Å²) in [6.45, 7) is 0.998. The first-order valence-electron chi connectivity index (χ1n) is 5.62. The second-order valence-corrected chi connectivity index (χ2v) is 4.17. The Bertz CT molecular complexity index is 504. The van der Waals surface area contributed by atoms with Crippen LogP contribution < -0.4 is 5.32 Å². The molecule has 0 atom stereocenters. The van der Waals surface area contributed by atoms with Gasteiger partial charge in [-0.15, -0.1) is 0 Å². The highest BCUT2D eigenvalue weighted by molar-refractivity contribution is 5.73. The second-order valence-electron chi connectivity index (χ2n) is 4.17. The van der Waals surface area contributed by atoms with E-state index in [0.717, 1.165) is 11.1 Å². The van der Waals surface area contributed by atoms with E-state index in [1.54, 1.807) is 35.4 Å². The van der Waals surface area contributed by atoms with Gasteiger partial charge in [0.1, 0.15) is 0 Å². The van der Waals surface area contributed by atoms with E-state index in [1.165, 1.54) is 0 Å². The molecular weight excluding hydrogens is 232 g/mol. The molecule has 0 aliphatic carbocycles. The van der Waals surface area contributed by atoms with Gasteiger partial charge in [0.15, 0.2) is 0 Å². The largest absolute Gasteiger partial charge is 0.472 e. The summed E-state index contributed by atoms with van der Waals surface area (Å²) in [6, 6.07) is 1.70. The summed E-state index contributed by atoms with van der Waals surface area (Å²) in [5.41, 5.74) is 1.94. The fourth-order valence-electron chi connectivity index (χ4n) is 1.61. The van der Waals surface area contributed by atoms with Gasteiger partial charge in [-0.2, -0.15) is 5.10 Å². The van der Waals surface area contributed by atoms with Crippen molar-refractivity contribution in [3.8, 4) is 0 Å². The number of hydrogen-bond acceptors (Lipinski definition) is 3. The topological polar surface area (TPSA) is 63.3 Å². The van der Waals surface area contributed by atoms with Gasteiger partial charge in [-0.3, -0.25) is 4.68 Å². The van der Waals surface area contributed by atoms with Crippen LogP contribution in [0.4, 0.5) is 4.79 Å². The van der Waals surface area contributed by atoms with Gasteiger partial charge in [-0.1, -0.05) is 0 Å². The normalized spacial score (nSPS) is 10.3. The zero-order chi connectivity index (χ0) is 13.0. The molecule has 2 aromatic heterocycles. The minimum absolute atomic E-state index is 0.125. The van der Waals surface area contributed by atoms with Crippen LogP contribution in [0.15, 0.2) is 35.4 Å². The van der Waals surface area contributed by atoms with Crippen molar-refractivity contribution >= 4 is 6.03 Å². The second kappa shape index (κ2) is 5.39. The molecule has 0 saturated heterocycles. The highest BCUT2D eigenvalue weighted by atomic mass is 16.3. The Morgan fingerprint density at radius 2 is 2.39 bits per heavy atom. The van der Waals surface area contributed by atoms with E-state index in [9.17, 15) is 4.79 Å². The number of aromatic nitrogens is 2. The van der Waals surface area contributed by atoms with E-state index in [1.807, 2.05) is 19.3 Å². The highest BCUT2D eigenvalue weighted by Crippen LogP contribution is 2.02. The average molecular weight is 248 g/mol. The van der Waals surface area contributed by atoms with E-state index in [0.29, 0.717) is 13.1 Å². The van der Waals surface area contributed by atoms with Crippen LogP contribution in [0.25, 0.3) is 0 Å². The molecule has 96 valence electrons. The number of amides is 2. The smallest absolute Gasteiger partial charge is 0.317 e. The molecule has 2 heterocycles. The van der Waals surface area contributed by atoms with E-state index in [4.69, 9.17) is 4.42 Å². The van der Waals surface area contributed by atoms with Crippen molar-refractivity contribution < 1.29 is 9.21 Å². The molecule has 1 N–H and O–H groups in total. The van der Waals surface area contributed by atoms with Gasteiger partial charge < -0.3 is 14.6 Å². The Kier molecular flexibility index (Phi) is 3.66. The van der Waals surface area contributed by atoms with Crippen LogP contribution >= 0.6 is 0 Å². The number of carbonyl (C=O) groups is 1. The molecule has 0 aromatic carbocycles. The number of furan rings is 1. The van der Waals surface area contributed by atoms with Crippen molar-refractivity contribution in [1.82, 2.24) is 20.0 Å². The Morgan fingerprint density at radius 1 is 1.56 bits per heavy atom. The van der Waals surface area contributed by atoms with Crippen molar-refractivity contribution in [3.05, 3.63) is 42.1 Å². The summed E-state index contributed by atoms with van der Waals surface area (Å²) in [7, 11) is 3.60. The molecule has 6 heteroatoms. The summed E-state index contributed by atoms with van der Waals surface area (Å²) < 4.78 is 6.64. The third kappa shape index (κ3) is 3.13. The van der Waals surface area contributed by atoms with Gasteiger partial charge in [-0.25, -0.2) is 4.79 Å². The van der Waals surface area contributed by atoms with Crippen LogP contribution in [-0.4, -0.2) is 27.8 Å². The van der Waals surface area contributed by atoms with Gasteiger partial charge in [0.2, 0.25) is 0 Å². The Morgan fingerprint density at radius 3 is 3.00 bits per heavy atom. The first kappa shape index (κ1) is 12.2. The molecule has 2 aromatic rings. The maximum Gasteiger partial charge on any atom is 0.317 e. The van der Waals surface area contributed by atoms with Crippen LogP contribution in [-0.2, 0) is 20.1 Å². The number of rotatable bonds is 4. The van der Waals surface area contributed by atoms with Gasteiger partial charge in [0.05, 0.1) is 25.3 Å². The fraction of sp³-hybridized carbons (Fsp3) is 0.333. The van der Waals surface area contributed by atoms with Crippen molar-refractivity contribution in [2.45, 2.75) is 13.1 Å². The number of nitrogens with zero attached hydrogens (tertiary/aromatic N) is 3. The molecule has 0 aliphatic rings. The zero-order valence-electron chi connectivity index (χ0n) is 10.5. The molecular formula is C12H16N4O2. The third-order valence-electron chi connectivity index (χ3n) is 2.55. The lowest BCUT2D eigenvalue weighted by Gasteiger charge is -2.16. The SMILES string of the molecule is CN(Cc1cnn(C)c1)C(=O)NCc1ccoc1. The van der Waals surface area contributed by atoms with Crippen molar-refractivity contribution in [2.24, 2.45) is 7.05 Å². The molecule has 2 rings (SSSR count). The number of hydrogen-bond donors (Lipinski definition) is 1. The average Bonchev–Trinajstić information content (AvgIpc) is 2.97. The standard InChI is InChI=1S/C12H16N4O2/c1-15(7-11-6-14-16(2)8-11)12(17)13-5-10-3-4-18-9-10/h3-4,6,8-9H,5,7H2,1-2H3,(H,13,17). The van der Waals surface area contributed by atoms with Crippen LogP contribution in [0, 0.1) is 0 Å². The lowest BCUT2D eigenvalue weighted by atomic mass is 10.3. The highest BCUT2D eigenvalue weighted by Gasteiger charge is 2.09. The lowest BCUT2D eigenvalue weighted by molar-refractivity contribution is 0.206. The first-order chi connectivity index (χ1) is 8.65. The number of urea groups is 1. The van der Waals surface area contributed by atoms with Gasteiger partial charge in [0, 0.05) is 38.0 Å². The summed E-state index contributed by atoms with van der Waals surface area (Å²) in [4.78, 5) is 13.4. The minimum Gasteiger partial charge on any atom is -0.472 e. The molecule has 0 fully saturated rings. The Hall–Kier alpha value is -2.24. The van der Waals surface area contributed by atoms with Crippen LogP contribution in [0.1, 0.15) is 11.1 Å². The summed E-state index contributed by atoms with van der Waals surface area (Å²) in [5.74, 6) is 0. The van der Waals surface area contributed by atoms with Crippen molar-refractivity contribution in [2.75, 3.05) is 7.05 Å². The third-order valence-corrected chi connectivity index (χ3v) is 2.55. The quantitative estimate of drug-likeness (QED) is 0.888. The maximum absolute atomic E-state index is 11.8. The predicted octanol–water partition coefficient (Wildman–Crippen LogP) is 1.35. The molecule has 0 unspecified atom stereocenters. The molecule has 18 heavy (non-hydrogen) atoms. The van der Waals surface area contributed by atoms with Crippen molar-refractivity contribution in [3.63, 3.8) is 0 Å². The zero-order valence-corrected chi connectivity index (χ0v) is 10.5. The molecule has 0 bridgehead atoms. The molecule has 0 saturated carbocycles. The first-order valence-corrected chi connectivity index (χ1v) is 5.62. The lowest BCUT2D eigenvalue weighted by Crippen LogP contribution is -2.36. The van der Waals surface area contributed by atoms with E-state index < -0.39 is 0 Å². The van der Waals surface area contributed by atoms with Crippen LogP contribution in [0.5, 0.6) is 0 Å². The van der Waals surface area contributed by atoms with E-state index >= 15 is 0 Å². The summed E-state index contributed by atoms with van der Waals surface area (Å²) in [5, 5.41) is 6.87. The molecule has 0 spiro atoms. The summed E-state index contributed by atoms with van der Waals surface area (Å²) >= 11 is 0. The van der Waals surface area contributed by atoms with Gasteiger partial charge in [-0.05, 0) is 6.07 Å². The number of nitrogens with one attached hydrogen (secondary N) is 1. The minimum atomic E-state index is -0.125. The molecule has 0 radical (unpaired) electrons. The monoisotopic (exact) mass is 248 g/mol. The van der Waals surface area contributed by atoms with Gasteiger partial charge >= 0.3 is 6.03 Å². The molecule has 6 nitrogen and oxygen atoms in total. The Balaban J connectivity index is 1.81. The number of aryl methyl sites for hydroxylation is 1. The molecule has 0 aliphatic heterocycles. The van der Waals surface area contributed by atoms with Crippen LogP contribution in [0.3, 0.4) is 0 Å². The van der Waals surface area contributed by atoms with Crippen LogP contribution in [0.2, 0.25) is 0 Å². The number of carbonyl (C=O) groups excluding carboxylic acids is 1. The fourth-order valence-corrected chi connectivity index (χ4v) is 1.61. The maximum atomic E-state index is 11.8. The van der Waals surface area contributed by atoms with E-state index in [2.05, 4.69) is 10.4 Å².